The van der Waals surface area contributed by atoms with Gasteiger partial charge in [-0.3, -0.25) is 14.4 Å². The molecule has 0 aromatic rings. The van der Waals surface area contributed by atoms with Gasteiger partial charge in [0.05, 0.1) is 0 Å². The van der Waals surface area contributed by atoms with Crippen molar-refractivity contribution in [2.24, 2.45) is 0 Å². The third-order valence-corrected chi connectivity index (χ3v) is 12.2. The minimum atomic E-state index is -0.780. The molecule has 0 saturated carbocycles. The first kappa shape index (κ1) is 63.8. The van der Waals surface area contributed by atoms with Crippen LogP contribution in [0.3, 0.4) is 0 Å². The minimum absolute atomic E-state index is 0.0802. The van der Waals surface area contributed by atoms with Crippen molar-refractivity contribution in [3.8, 4) is 0 Å². The predicted octanol–water partition coefficient (Wildman–Crippen LogP) is 19.0. The Morgan fingerprint density at radius 1 is 0.313 bits per heavy atom. The van der Waals surface area contributed by atoms with Gasteiger partial charge in [0.1, 0.15) is 13.2 Å². The van der Waals surface area contributed by atoms with Crippen molar-refractivity contribution in [3.63, 3.8) is 0 Å². The molecule has 1 unspecified atom stereocenters. The van der Waals surface area contributed by atoms with Gasteiger partial charge in [0.15, 0.2) is 6.10 Å². The van der Waals surface area contributed by atoms with E-state index in [0.29, 0.717) is 19.3 Å². The molecule has 0 saturated heterocycles. The Kier molecular flexibility index (Phi) is 52.8. The fourth-order valence-corrected chi connectivity index (χ4v) is 7.87. The van der Waals surface area contributed by atoms with Crippen LogP contribution in [0.4, 0.5) is 0 Å². The van der Waals surface area contributed by atoms with E-state index < -0.39 is 6.10 Å². The van der Waals surface area contributed by atoms with Crippen LogP contribution in [-0.2, 0) is 28.6 Å². The standard InChI is InChI=1S/C61H106O6/c1-4-7-10-13-16-19-22-23-24-25-26-27-28-29-30-31-32-33-34-35-36-37-40-42-45-48-51-54-60(63)66-57-58(67-61(64)55-52-49-46-43-39-21-18-15-12-9-6-3)56-65-59(62)53-50-47-44-41-38-20-17-14-11-8-5-2/h7,10,14-19,23-24,26-27,58H,4-6,8-9,11-13,20-22,25,28-57H2,1-3H3/b10-7-,17-14-,18-15-,19-16-,24-23-,27-26-. The van der Waals surface area contributed by atoms with Crippen molar-refractivity contribution in [1.29, 1.82) is 0 Å². The van der Waals surface area contributed by atoms with Gasteiger partial charge in [-0.2, -0.15) is 0 Å². The fraction of sp³-hybridized carbons (Fsp3) is 0.754. The lowest BCUT2D eigenvalue weighted by Crippen LogP contribution is -2.30. The SMILES string of the molecule is CC/C=C\C/C=C\C/C=C\C/C=C\CCCCCCCCCCCCCCCCC(=O)OCC(COC(=O)CCCCCCC/C=C\CCCC)OC(=O)CCCCCCC/C=C\CCCC. The molecule has 0 heterocycles. The number of unbranched alkanes of at least 4 members (excludes halogenated alkanes) is 28. The van der Waals surface area contributed by atoms with Gasteiger partial charge in [-0.05, 0) is 96.3 Å². The molecule has 386 valence electrons. The van der Waals surface area contributed by atoms with E-state index in [9.17, 15) is 14.4 Å². The summed E-state index contributed by atoms with van der Waals surface area (Å²) in [6, 6.07) is 0. The van der Waals surface area contributed by atoms with Gasteiger partial charge in [0, 0.05) is 19.3 Å². The maximum atomic E-state index is 12.8. The highest BCUT2D eigenvalue weighted by molar-refractivity contribution is 5.71. The first-order valence-corrected chi connectivity index (χ1v) is 28.4. The van der Waals surface area contributed by atoms with E-state index in [4.69, 9.17) is 14.2 Å². The summed E-state index contributed by atoms with van der Waals surface area (Å²) in [5.74, 6) is -0.896. The van der Waals surface area contributed by atoms with E-state index >= 15 is 0 Å². The smallest absolute Gasteiger partial charge is 0.306 e. The number of ether oxygens (including phenoxy) is 3. The van der Waals surface area contributed by atoms with E-state index in [1.54, 1.807) is 0 Å². The molecule has 0 aliphatic rings. The number of hydrogen-bond donors (Lipinski definition) is 0. The lowest BCUT2D eigenvalue weighted by atomic mass is 10.0. The summed E-state index contributed by atoms with van der Waals surface area (Å²) in [4.78, 5) is 38.0. The maximum Gasteiger partial charge on any atom is 0.306 e. The lowest BCUT2D eigenvalue weighted by Gasteiger charge is -2.18. The molecule has 0 bridgehead atoms. The highest BCUT2D eigenvalue weighted by atomic mass is 16.6. The number of rotatable bonds is 51. The highest BCUT2D eigenvalue weighted by Gasteiger charge is 2.19. The Labute approximate surface area is 414 Å². The maximum absolute atomic E-state index is 12.8. The number of esters is 3. The van der Waals surface area contributed by atoms with Gasteiger partial charge < -0.3 is 14.2 Å². The largest absolute Gasteiger partial charge is 0.462 e. The summed E-state index contributed by atoms with van der Waals surface area (Å²) >= 11 is 0. The van der Waals surface area contributed by atoms with Crippen molar-refractivity contribution >= 4 is 17.9 Å². The second-order valence-electron chi connectivity index (χ2n) is 18.8. The molecule has 0 aromatic carbocycles. The molecular weight excluding hydrogens is 829 g/mol. The van der Waals surface area contributed by atoms with E-state index in [1.165, 1.54) is 135 Å². The second kappa shape index (κ2) is 55.4. The average molecular weight is 936 g/mol. The van der Waals surface area contributed by atoms with Gasteiger partial charge in [-0.25, -0.2) is 0 Å². The molecule has 1 atom stereocenters. The molecule has 6 nitrogen and oxygen atoms in total. The molecule has 67 heavy (non-hydrogen) atoms. The summed E-state index contributed by atoms with van der Waals surface area (Å²) in [5, 5.41) is 0. The number of allylic oxidation sites excluding steroid dienone is 12. The van der Waals surface area contributed by atoms with Crippen LogP contribution in [0.1, 0.15) is 278 Å². The Balaban J connectivity index is 4.16. The summed E-state index contributed by atoms with van der Waals surface area (Å²) in [7, 11) is 0. The second-order valence-corrected chi connectivity index (χ2v) is 18.8. The molecule has 0 amide bonds. The first-order valence-electron chi connectivity index (χ1n) is 28.4. The molecule has 6 heteroatoms. The van der Waals surface area contributed by atoms with Gasteiger partial charge in [0.2, 0.25) is 0 Å². The highest BCUT2D eigenvalue weighted by Crippen LogP contribution is 2.16. The Morgan fingerprint density at radius 3 is 0.925 bits per heavy atom. The molecule has 0 N–H and O–H groups in total. The van der Waals surface area contributed by atoms with Crippen molar-refractivity contribution in [1.82, 2.24) is 0 Å². The van der Waals surface area contributed by atoms with Crippen LogP contribution >= 0.6 is 0 Å². The van der Waals surface area contributed by atoms with Crippen molar-refractivity contribution in [3.05, 3.63) is 72.9 Å². The van der Waals surface area contributed by atoms with Crippen LogP contribution in [0.15, 0.2) is 72.9 Å². The van der Waals surface area contributed by atoms with E-state index in [1.807, 2.05) is 0 Å². The summed E-state index contributed by atoms with van der Waals surface area (Å²) < 4.78 is 16.8. The van der Waals surface area contributed by atoms with E-state index in [2.05, 4.69) is 93.7 Å². The van der Waals surface area contributed by atoms with Crippen molar-refractivity contribution in [2.75, 3.05) is 13.2 Å². The third-order valence-electron chi connectivity index (χ3n) is 12.2. The fourth-order valence-electron chi connectivity index (χ4n) is 7.87. The predicted molar refractivity (Wildman–Crippen MR) is 288 cm³/mol. The van der Waals surface area contributed by atoms with Crippen LogP contribution in [0, 0.1) is 0 Å². The molecule has 0 rings (SSSR count). The monoisotopic (exact) mass is 935 g/mol. The van der Waals surface area contributed by atoms with Crippen LogP contribution < -0.4 is 0 Å². The average Bonchev–Trinajstić information content (AvgIpc) is 3.33. The molecule has 0 fully saturated rings. The third kappa shape index (κ3) is 53.7. The zero-order valence-corrected chi connectivity index (χ0v) is 44.2. The number of hydrogen-bond acceptors (Lipinski definition) is 6. The van der Waals surface area contributed by atoms with Crippen LogP contribution in [0.2, 0.25) is 0 Å². The van der Waals surface area contributed by atoms with E-state index in [-0.39, 0.29) is 31.1 Å². The van der Waals surface area contributed by atoms with Crippen molar-refractivity contribution < 1.29 is 28.6 Å². The van der Waals surface area contributed by atoms with Gasteiger partial charge >= 0.3 is 17.9 Å². The molecule has 0 aliphatic carbocycles. The van der Waals surface area contributed by atoms with Gasteiger partial charge in [0.25, 0.3) is 0 Å². The normalized spacial score (nSPS) is 12.6. The first-order chi connectivity index (χ1) is 33.0. The van der Waals surface area contributed by atoms with Crippen LogP contribution in [0.25, 0.3) is 0 Å². The molecule has 0 spiro atoms. The molecule has 0 aromatic heterocycles. The number of carbonyl (C=O) groups is 3. The zero-order valence-electron chi connectivity index (χ0n) is 44.2. The molecular formula is C61H106O6. The van der Waals surface area contributed by atoms with Crippen molar-refractivity contribution in [2.45, 2.75) is 284 Å². The zero-order chi connectivity index (χ0) is 48.6. The molecule has 0 radical (unpaired) electrons. The Morgan fingerprint density at radius 2 is 0.582 bits per heavy atom. The Hall–Kier alpha value is -3.15. The number of carbonyl (C=O) groups excluding carboxylic acids is 3. The summed E-state index contributed by atoms with van der Waals surface area (Å²) in [6.07, 6.45) is 70.5. The summed E-state index contributed by atoms with van der Waals surface area (Å²) in [6.45, 7) is 6.45. The Bertz CT molecular complexity index is 1260. The van der Waals surface area contributed by atoms with Gasteiger partial charge in [-0.15, -0.1) is 0 Å². The van der Waals surface area contributed by atoms with Gasteiger partial charge in [-0.1, -0.05) is 235 Å². The van der Waals surface area contributed by atoms with Crippen LogP contribution in [-0.4, -0.2) is 37.2 Å². The van der Waals surface area contributed by atoms with E-state index in [0.717, 1.165) is 103 Å². The lowest BCUT2D eigenvalue weighted by molar-refractivity contribution is -0.167. The summed E-state index contributed by atoms with van der Waals surface area (Å²) in [5.41, 5.74) is 0. The quantitative estimate of drug-likeness (QED) is 0.0262. The minimum Gasteiger partial charge on any atom is -0.462 e. The van der Waals surface area contributed by atoms with Crippen LogP contribution in [0.5, 0.6) is 0 Å². The molecule has 0 aliphatic heterocycles. The topological polar surface area (TPSA) is 78.9 Å².